The Labute approximate surface area is 227 Å². The van der Waals surface area contributed by atoms with Crippen LogP contribution in [0.3, 0.4) is 0 Å². The van der Waals surface area contributed by atoms with Gasteiger partial charge in [-0.15, -0.1) is 0 Å². The molecule has 12 heteroatoms. The van der Waals surface area contributed by atoms with Gasteiger partial charge in [0.15, 0.2) is 17.0 Å². The Balaban J connectivity index is 0.000000634. The van der Waals surface area contributed by atoms with E-state index in [2.05, 4.69) is 50.9 Å². The van der Waals surface area contributed by atoms with E-state index in [1.54, 1.807) is 6.07 Å². The molecule has 4 heterocycles. The molecule has 0 saturated carbocycles. The van der Waals surface area contributed by atoms with Gasteiger partial charge in [-0.25, -0.2) is 24.0 Å². The number of nitrogens with two attached hydrogens (primary N) is 1. The Hall–Kier alpha value is -2.96. The molecule has 2 aromatic heterocycles. The first kappa shape index (κ1) is 29.0. The molecule has 214 valence electrons. The average molecular weight is 549 g/mol. The minimum absolute atomic E-state index is 0.0613. The van der Waals surface area contributed by atoms with Crippen LogP contribution in [-0.2, 0) is 11.8 Å². The molecule has 2 unspecified atom stereocenters. The molecule has 9 nitrogen and oxygen atoms in total. The van der Waals surface area contributed by atoms with E-state index in [-0.39, 0.29) is 18.0 Å². The van der Waals surface area contributed by atoms with Crippen LogP contribution >= 0.6 is 0 Å². The summed E-state index contributed by atoms with van der Waals surface area (Å²) >= 11 is 0. The maximum absolute atomic E-state index is 14.4. The highest BCUT2D eigenvalue weighted by Gasteiger charge is 2.33. The highest BCUT2D eigenvalue weighted by Crippen LogP contribution is 2.35. The van der Waals surface area contributed by atoms with Crippen molar-refractivity contribution in [2.75, 3.05) is 43.2 Å². The SMILES string of the molecule is C1CCOC1.Cc1nc2c(N3CCN(C(c4ccc(C(F)F)c(F)c4)C(C)C)CC3C)nc(NN)nc2n1C. The summed E-state index contributed by atoms with van der Waals surface area (Å²) in [6.45, 7) is 12.2. The van der Waals surface area contributed by atoms with Crippen molar-refractivity contribution in [1.29, 1.82) is 0 Å². The number of hydrazine groups is 1. The number of nitrogens with zero attached hydrogens (tertiary/aromatic N) is 6. The van der Waals surface area contributed by atoms with Crippen LogP contribution in [0.1, 0.15) is 63.0 Å². The summed E-state index contributed by atoms with van der Waals surface area (Å²) in [5.74, 6) is 6.77. The van der Waals surface area contributed by atoms with Gasteiger partial charge in [-0.1, -0.05) is 26.0 Å². The number of hydrogen-bond acceptors (Lipinski definition) is 8. The molecule has 2 fully saturated rings. The number of halogens is 3. The van der Waals surface area contributed by atoms with Crippen molar-refractivity contribution in [2.45, 2.75) is 59.0 Å². The molecule has 0 aliphatic carbocycles. The Morgan fingerprint density at radius 1 is 1.10 bits per heavy atom. The van der Waals surface area contributed by atoms with Gasteiger partial charge in [0, 0.05) is 52.0 Å². The van der Waals surface area contributed by atoms with Crippen molar-refractivity contribution in [2.24, 2.45) is 18.8 Å². The fourth-order valence-electron chi connectivity index (χ4n) is 5.41. The number of ether oxygens (including phenoxy) is 1. The highest BCUT2D eigenvalue weighted by atomic mass is 19.3. The first-order valence-electron chi connectivity index (χ1n) is 13.5. The number of aromatic nitrogens is 4. The summed E-state index contributed by atoms with van der Waals surface area (Å²) in [4.78, 5) is 18.2. The van der Waals surface area contributed by atoms with Gasteiger partial charge in [0.1, 0.15) is 11.6 Å². The number of rotatable bonds is 6. The predicted octanol–water partition coefficient (Wildman–Crippen LogP) is 4.74. The van der Waals surface area contributed by atoms with Gasteiger partial charge in [-0.05, 0) is 44.2 Å². The predicted molar refractivity (Wildman–Crippen MR) is 146 cm³/mol. The van der Waals surface area contributed by atoms with E-state index in [4.69, 9.17) is 10.6 Å². The topological polar surface area (TPSA) is 97.4 Å². The third kappa shape index (κ3) is 6.28. The molecule has 2 atom stereocenters. The monoisotopic (exact) mass is 548 g/mol. The zero-order valence-corrected chi connectivity index (χ0v) is 23.3. The van der Waals surface area contributed by atoms with Crippen LogP contribution in [0.2, 0.25) is 0 Å². The van der Waals surface area contributed by atoms with Gasteiger partial charge in [0.05, 0.1) is 5.56 Å². The molecule has 1 aromatic carbocycles. The van der Waals surface area contributed by atoms with E-state index >= 15 is 0 Å². The van der Waals surface area contributed by atoms with Crippen LogP contribution in [0.25, 0.3) is 11.2 Å². The van der Waals surface area contributed by atoms with Crippen LogP contribution < -0.4 is 16.2 Å². The van der Waals surface area contributed by atoms with Crippen molar-refractivity contribution in [3.05, 3.63) is 41.0 Å². The molecule has 0 amide bonds. The zero-order chi connectivity index (χ0) is 28.3. The average Bonchev–Trinajstić information content (AvgIpc) is 3.56. The number of hydrogen-bond donors (Lipinski definition) is 2. The fraction of sp³-hybridized carbons (Fsp3) is 0.593. The quantitative estimate of drug-likeness (QED) is 0.337. The maximum Gasteiger partial charge on any atom is 0.266 e. The number of anilines is 2. The molecule has 0 spiro atoms. The molecule has 0 bridgehead atoms. The molecule has 5 rings (SSSR count). The number of nitrogen functional groups attached to an aromatic ring is 1. The molecule has 2 saturated heterocycles. The summed E-state index contributed by atoms with van der Waals surface area (Å²) in [6, 6.07) is 4.04. The molecule has 3 aromatic rings. The number of aryl methyl sites for hydroxylation is 2. The Morgan fingerprint density at radius 3 is 2.36 bits per heavy atom. The lowest BCUT2D eigenvalue weighted by Gasteiger charge is -2.45. The van der Waals surface area contributed by atoms with Gasteiger partial charge in [0.2, 0.25) is 5.95 Å². The second-order valence-electron chi connectivity index (χ2n) is 10.5. The van der Waals surface area contributed by atoms with Crippen molar-refractivity contribution in [3.63, 3.8) is 0 Å². The Kier molecular flexibility index (Phi) is 9.29. The third-order valence-corrected chi connectivity index (χ3v) is 7.44. The number of alkyl halides is 2. The van der Waals surface area contributed by atoms with E-state index in [9.17, 15) is 13.2 Å². The normalized spacial score (nSPS) is 19.1. The third-order valence-electron chi connectivity index (χ3n) is 7.44. The number of fused-ring (bicyclic) bond motifs is 1. The molecular formula is C27H39F3N8O. The summed E-state index contributed by atoms with van der Waals surface area (Å²) < 4.78 is 47.3. The minimum atomic E-state index is -2.83. The number of benzene rings is 1. The van der Waals surface area contributed by atoms with Crippen LogP contribution in [-0.4, -0.2) is 63.3 Å². The standard InChI is InChI=1S/C23H31F3N8.C4H8O/c1-12(2)19(15-6-7-16(20(25)26)17(24)10-15)33-8-9-34(13(3)11-33)22-18-21(29-23(30-22)31-27)32(5)14(4)28-18;1-2-4-5-3-1/h6-7,10,12-13,19-20H,8-9,11,27H2,1-5H3,(H,29,30,31);1-4H2. The van der Waals surface area contributed by atoms with Gasteiger partial charge in [0.25, 0.3) is 6.43 Å². The van der Waals surface area contributed by atoms with E-state index in [0.29, 0.717) is 48.1 Å². The van der Waals surface area contributed by atoms with Crippen LogP contribution in [0, 0.1) is 18.7 Å². The van der Waals surface area contributed by atoms with E-state index in [0.717, 1.165) is 19.0 Å². The first-order valence-corrected chi connectivity index (χ1v) is 13.5. The lowest BCUT2D eigenvalue weighted by atomic mass is 9.92. The van der Waals surface area contributed by atoms with Crippen molar-refractivity contribution < 1.29 is 17.9 Å². The fourth-order valence-corrected chi connectivity index (χ4v) is 5.41. The summed E-state index contributed by atoms with van der Waals surface area (Å²) in [5.41, 5.74) is 4.09. The molecule has 39 heavy (non-hydrogen) atoms. The van der Waals surface area contributed by atoms with Crippen LogP contribution in [0.15, 0.2) is 18.2 Å². The number of imidazole rings is 1. The number of piperazine rings is 1. The lowest BCUT2D eigenvalue weighted by Crippen LogP contribution is -2.54. The lowest BCUT2D eigenvalue weighted by molar-refractivity contribution is 0.128. The van der Waals surface area contributed by atoms with E-state index in [1.807, 2.05) is 18.5 Å². The Bertz CT molecular complexity index is 1260. The summed E-state index contributed by atoms with van der Waals surface area (Å²) in [6.07, 6.45) is -0.275. The van der Waals surface area contributed by atoms with Crippen LogP contribution in [0.5, 0.6) is 0 Å². The van der Waals surface area contributed by atoms with Crippen molar-refractivity contribution in [3.8, 4) is 0 Å². The van der Waals surface area contributed by atoms with Crippen molar-refractivity contribution in [1.82, 2.24) is 24.4 Å². The van der Waals surface area contributed by atoms with Gasteiger partial charge >= 0.3 is 0 Å². The molecule has 2 aliphatic heterocycles. The van der Waals surface area contributed by atoms with Gasteiger partial charge in [-0.3, -0.25) is 10.3 Å². The first-order chi connectivity index (χ1) is 18.6. The maximum atomic E-state index is 14.4. The largest absolute Gasteiger partial charge is 0.381 e. The number of nitrogens with one attached hydrogen (secondary N) is 1. The minimum Gasteiger partial charge on any atom is -0.381 e. The summed E-state index contributed by atoms with van der Waals surface area (Å²) in [5, 5.41) is 0. The van der Waals surface area contributed by atoms with Crippen LogP contribution in [0.4, 0.5) is 24.9 Å². The molecule has 0 radical (unpaired) electrons. The summed E-state index contributed by atoms with van der Waals surface area (Å²) in [7, 11) is 1.90. The second kappa shape index (κ2) is 12.5. The van der Waals surface area contributed by atoms with E-state index < -0.39 is 17.8 Å². The second-order valence-corrected chi connectivity index (χ2v) is 10.5. The zero-order valence-electron chi connectivity index (χ0n) is 23.3. The van der Waals surface area contributed by atoms with Gasteiger partial charge < -0.3 is 14.2 Å². The Morgan fingerprint density at radius 2 is 1.82 bits per heavy atom. The van der Waals surface area contributed by atoms with Gasteiger partial charge in [-0.2, -0.15) is 9.97 Å². The molecular weight excluding hydrogens is 509 g/mol. The van der Waals surface area contributed by atoms with E-state index in [1.165, 1.54) is 25.0 Å². The highest BCUT2D eigenvalue weighted by molar-refractivity contribution is 5.85. The molecule has 3 N–H and O–H groups in total. The smallest absolute Gasteiger partial charge is 0.266 e. The molecule has 2 aliphatic rings. The van der Waals surface area contributed by atoms with Crippen molar-refractivity contribution >= 4 is 22.9 Å².